The molecule has 0 amide bonds. The van der Waals surface area contributed by atoms with Gasteiger partial charge in [-0.1, -0.05) is 22.0 Å². The molecule has 1 nitrogen and oxygen atoms in total. The van der Waals surface area contributed by atoms with Gasteiger partial charge in [-0.15, -0.1) is 0 Å². The van der Waals surface area contributed by atoms with Crippen molar-refractivity contribution in [3.05, 3.63) is 40.6 Å². The van der Waals surface area contributed by atoms with Gasteiger partial charge >= 0.3 is 0 Å². The van der Waals surface area contributed by atoms with Crippen LogP contribution < -0.4 is 4.74 Å². The van der Waals surface area contributed by atoms with Crippen molar-refractivity contribution >= 4 is 15.9 Å². The lowest BCUT2D eigenvalue weighted by Crippen LogP contribution is -2.15. The zero-order chi connectivity index (χ0) is 10.7. The summed E-state index contributed by atoms with van der Waals surface area (Å²) < 4.78 is 19.4. The molecular formula is C12H12BrFO. The number of ether oxygens (including phenoxy) is 1. The Balaban J connectivity index is 2.09. The van der Waals surface area contributed by atoms with Crippen LogP contribution in [0.3, 0.4) is 0 Å². The van der Waals surface area contributed by atoms with Crippen molar-refractivity contribution in [2.24, 2.45) is 0 Å². The highest BCUT2D eigenvalue weighted by Gasteiger charge is 2.10. The Morgan fingerprint density at radius 2 is 2.20 bits per heavy atom. The van der Waals surface area contributed by atoms with Gasteiger partial charge in [0.05, 0.1) is 0 Å². The third-order valence-corrected chi connectivity index (χ3v) is 2.79. The predicted molar refractivity (Wildman–Crippen MR) is 61.5 cm³/mol. The number of hydrogen-bond acceptors (Lipinski definition) is 1. The highest BCUT2D eigenvalue weighted by atomic mass is 79.9. The maximum Gasteiger partial charge on any atom is 0.128 e. The highest BCUT2D eigenvalue weighted by molar-refractivity contribution is 9.10. The van der Waals surface area contributed by atoms with E-state index < -0.39 is 0 Å². The van der Waals surface area contributed by atoms with Gasteiger partial charge in [0, 0.05) is 10.5 Å². The number of halogens is 2. The zero-order valence-corrected chi connectivity index (χ0v) is 9.84. The van der Waals surface area contributed by atoms with Crippen molar-refractivity contribution in [3.63, 3.8) is 0 Å². The second kappa shape index (κ2) is 4.79. The SMILES string of the molecule is Fc1cc(Br)cc(OC2C=CCCC2)c1. The van der Waals surface area contributed by atoms with Crippen LogP contribution in [0.1, 0.15) is 19.3 Å². The molecule has 0 aromatic heterocycles. The Hall–Kier alpha value is -0.830. The third-order valence-electron chi connectivity index (χ3n) is 2.33. The first-order chi connectivity index (χ1) is 7.24. The molecular weight excluding hydrogens is 259 g/mol. The Kier molecular flexibility index (Phi) is 3.41. The summed E-state index contributed by atoms with van der Waals surface area (Å²) >= 11 is 3.24. The van der Waals surface area contributed by atoms with Crippen LogP contribution in [-0.2, 0) is 0 Å². The van der Waals surface area contributed by atoms with E-state index in [-0.39, 0.29) is 11.9 Å². The van der Waals surface area contributed by atoms with E-state index in [4.69, 9.17) is 4.74 Å². The molecule has 0 N–H and O–H groups in total. The first-order valence-corrected chi connectivity index (χ1v) is 5.83. The molecule has 0 heterocycles. The van der Waals surface area contributed by atoms with E-state index in [0.29, 0.717) is 10.2 Å². The van der Waals surface area contributed by atoms with Crippen LogP contribution in [0.5, 0.6) is 5.75 Å². The number of hydrogen-bond donors (Lipinski definition) is 0. The monoisotopic (exact) mass is 270 g/mol. The van der Waals surface area contributed by atoms with E-state index in [0.717, 1.165) is 19.3 Å². The molecule has 0 fully saturated rings. The normalized spacial score (nSPS) is 20.3. The van der Waals surface area contributed by atoms with Crippen LogP contribution >= 0.6 is 15.9 Å². The van der Waals surface area contributed by atoms with Gasteiger partial charge in [0.2, 0.25) is 0 Å². The van der Waals surface area contributed by atoms with Crippen LogP contribution in [0.15, 0.2) is 34.8 Å². The third kappa shape index (κ3) is 3.06. The molecule has 0 spiro atoms. The molecule has 0 saturated carbocycles. The predicted octanol–water partition coefficient (Wildman–Crippen LogP) is 4.08. The van der Waals surface area contributed by atoms with Gasteiger partial charge < -0.3 is 4.74 Å². The Morgan fingerprint density at radius 3 is 2.87 bits per heavy atom. The smallest absolute Gasteiger partial charge is 0.128 e. The Labute approximate surface area is 97.1 Å². The number of allylic oxidation sites excluding steroid dienone is 1. The van der Waals surface area contributed by atoms with E-state index in [1.165, 1.54) is 12.1 Å². The minimum atomic E-state index is -0.279. The average Bonchev–Trinajstić information content (AvgIpc) is 2.17. The van der Waals surface area contributed by atoms with Crippen molar-refractivity contribution < 1.29 is 9.13 Å². The van der Waals surface area contributed by atoms with Crippen molar-refractivity contribution in [1.29, 1.82) is 0 Å². The van der Waals surface area contributed by atoms with Gasteiger partial charge in [-0.3, -0.25) is 0 Å². The molecule has 0 saturated heterocycles. The largest absolute Gasteiger partial charge is 0.486 e. The fourth-order valence-electron chi connectivity index (χ4n) is 1.65. The van der Waals surface area contributed by atoms with Crippen molar-refractivity contribution in [2.45, 2.75) is 25.4 Å². The zero-order valence-electron chi connectivity index (χ0n) is 8.25. The summed E-state index contributed by atoms with van der Waals surface area (Å²) in [6.07, 6.45) is 7.51. The van der Waals surface area contributed by atoms with Crippen molar-refractivity contribution in [2.75, 3.05) is 0 Å². The fraction of sp³-hybridized carbons (Fsp3) is 0.333. The molecule has 0 aliphatic heterocycles. The van der Waals surface area contributed by atoms with Crippen LogP contribution in [0.4, 0.5) is 4.39 Å². The maximum atomic E-state index is 13.1. The molecule has 1 unspecified atom stereocenters. The minimum absolute atomic E-state index is 0.0902. The van der Waals surface area contributed by atoms with E-state index in [9.17, 15) is 4.39 Å². The lowest BCUT2D eigenvalue weighted by molar-refractivity contribution is 0.229. The van der Waals surface area contributed by atoms with Gasteiger partial charge in [0.15, 0.2) is 0 Å². The van der Waals surface area contributed by atoms with Crippen LogP contribution in [-0.4, -0.2) is 6.10 Å². The summed E-state index contributed by atoms with van der Waals surface area (Å²) in [6.45, 7) is 0. The lowest BCUT2D eigenvalue weighted by atomic mass is 10.1. The summed E-state index contributed by atoms with van der Waals surface area (Å²) in [5, 5.41) is 0. The second-order valence-electron chi connectivity index (χ2n) is 3.62. The van der Waals surface area contributed by atoms with Gasteiger partial charge in [0.1, 0.15) is 17.7 Å². The summed E-state index contributed by atoms with van der Waals surface area (Å²) in [5.74, 6) is 0.303. The molecule has 1 aliphatic rings. The van der Waals surface area contributed by atoms with E-state index in [2.05, 4.69) is 22.0 Å². The molecule has 0 radical (unpaired) electrons. The summed E-state index contributed by atoms with van der Waals surface area (Å²) in [4.78, 5) is 0. The van der Waals surface area contributed by atoms with Gasteiger partial charge in [0.25, 0.3) is 0 Å². The van der Waals surface area contributed by atoms with Gasteiger partial charge in [-0.25, -0.2) is 4.39 Å². The average molecular weight is 271 g/mol. The molecule has 1 aromatic carbocycles. The molecule has 80 valence electrons. The fourth-order valence-corrected chi connectivity index (χ4v) is 2.10. The van der Waals surface area contributed by atoms with Gasteiger partial charge in [-0.2, -0.15) is 0 Å². The quantitative estimate of drug-likeness (QED) is 0.736. The first-order valence-electron chi connectivity index (χ1n) is 5.03. The second-order valence-corrected chi connectivity index (χ2v) is 4.54. The molecule has 1 aliphatic carbocycles. The molecule has 2 rings (SSSR count). The van der Waals surface area contributed by atoms with Gasteiger partial charge in [-0.05, 0) is 37.5 Å². The Bertz CT molecular complexity index is 356. The van der Waals surface area contributed by atoms with Crippen molar-refractivity contribution in [3.8, 4) is 5.75 Å². The molecule has 3 heteroatoms. The Morgan fingerprint density at radius 1 is 1.33 bits per heavy atom. The summed E-state index contributed by atoms with van der Waals surface area (Å²) in [7, 11) is 0. The maximum absolute atomic E-state index is 13.1. The standard InChI is InChI=1S/C12H12BrFO/c13-9-6-10(14)8-12(7-9)15-11-4-2-1-3-5-11/h2,4,6-8,11H,1,3,5H2. The molecule has 15 heavy (non-hydrogen) atoms. The van der Waals surface area contributed by atoms with Crippen LogP contribution in [0.25, 0.3) is 0 Å². The molecule has 0 bridgehead atoms. The lowest BCUT2D eigenvalue weighted by Gasteiger charge is -2.18. The summed E-state index contributed by atoms with van der Waals surface area (Å²) in [6, 6.07) is 4.61. The van der Waals surface area contributed by atoms with E-state index >= 15 is 0 Å². The molecule has 1 atom stereocenters. The highest BCUT2D eigenvalue weighted by Crippen LogP contribution is 2.23. The van der Waals surface area contributed by atoms with Crippen LogP contribution in [0, 0.1) is 5.82 Å². The van der Waals surface area contributed by atoms with Crippen molar-refractivity contribution in [1.82, 2.24) is 0 Å². The van der Waals surface area contributed by atoms with Crippen LogP contribution in [0.2, 0.25) is 0 Å². The van der Waals surface area contributed by atoms with E-state index in [1.807, 2.05) is 6.08 Å². The number of benzene rings is 1. The van der Waals surface area contributed by atoms with E-state index in [1.54, 1.807) is 6.07 Å². The molecule has 1 aromatic rings. The first kappa shape index (κ1) is 10.7. The summed E-state index contributed by atoms with van der Waals surface area (Å²) in [5.41, 5.74) is 0. The minimum Gasteiger partial charge on any atom is -0.486 e. The topological polar surface area (TPSA) is 9.23 Å². The number of rotatable bonds is 2.